The van der Waals surface area contributed by atoms with E-state index >= 15 is 0 Å². The van der Waals surface area contributed by atoms with E-state index in [0.717, 1.165) is 29.5 Å². The number of hydrogen-bond acceptors (Lipinski definition) is 2. The van der Waals surface area contributed by atoms with Crippen molar-refractivity contribution in [2.45, 2.75) is 38.2 Å². The molecule has 1 saturated carbocycles. The van der Waals surface area contributed by atoms with Gasteiger partial charge in [-0.3, -0.25) is 0 Å². The summed E-state index contributed by atoms with van der Waals surface area (Å²) in [4.78, 5) is 0. The average molecular weight is 259 g/mol. The lowest BCUT2D eigenvalue weighted by Crippen LogP contribution is -2.33. The van der Waals surface area contributed by atoms with Crippen molar-refractivity contribution < 1.29 is 9.52 Å². The highest BCUT2D eigenvalue weighted by Crippen LogP contribution is 2.38. The first-order valence-corrected chi connectivity index (χ1v) is 5.85. The van der Waals surface area contributed by atoms with Gasteiger partial charge in [0.15, 0.2) is 4.67 Å². The summed E-state index contributed by atoms with van der Waals surface area (Å²) in [6.07, 6.45) is 5.61. The molecule has 1 fully saturated rings. The van der Waals surface area contributed by atoms with Crippen LogP contribution >= 0.6 is 15.9 Å². The second-order valence-corrected chi connectivity index (χ2v) is 5.11. The lowest BCUT2D eigenvalue weighted by molar-refractivity contribution is 0.00947. The summed E-state index contributed by atoms with van der Waals surface area (Å²) in [5.41, 5.74) is 0.566. The molecule has 0 amide bonds. The standard InChI is InChI=1S/C11H15BrO2/c1-8-3-2-4-11(8,13)6-9-5-10(12)14-7-9/h5,7-8,13H,2-4,6H2,1H3. The third-order valence-corrected chi connectivity index (χ3v) is 3.71. The van der Waals surface area contributed by atoms with Gasteiger partial charge < -0.3 is 9.52 Å². The maximum Gasteiger partial charge on any atom is 0.169 e. The molecule has 1 aromatic rings. The normalized spacial score (nSPS) is 32.4. The molecule has 3 heteroatoms. The molecule has 1 aliphatic carbocycles. The fourth-order valence-electron chi connectivity index (χ4n) is 2.28. The molecule has 2 rings (SSSR count). The van der Waals surface area contributed by atoms with Gasteiger partial charge in [0.25, 0.3) is 0 Å². The van der Waals surface area contributed by atoms with Crippen LogP contribution in [0.4, 0.5) is 0 Å². The minimum Gasteiger partial charge on any atom is -0.457 e. The van der Waals surface area contributed by atoms with E-state index in [0.29, 0.717) is 12.3 Å². The van der Waals surface area contributed by atoms with Crippen LogP contribution in [0.3, 0.4) is 0 Å². The molecule has 0 aromatic carbocycles. The Labute approximate surface area is 92.4 Å². The van der Waals surface area contributed by atoms with E-state index in [1.165, 1.54) is 0 Å². The van der Waals surface area contributed by atoms with Crippen LogP contribution in [0, 0.1) is 5.92 Å². The van der Waals surface area contributed by atoms with Crippen LogP contribution in [0.15, 0.2) is 21.4 Å². The number of rotatable bonds is 2. The minimum atomic E-state index is -0.511. The van der Waals surface area contributed by atoms with Crippen molar-refractivity contribution in [1.29, 1.82) is 0 Å². The highest BCUT2D eigenvalue weighted by atomic mass is 79.9. The fourth-order valence-corrected chi connectivity index (χ4v) is 2.67. The molecular formula is C11H15BrO2. The predicted molar refractivity (Wildman–Crippen MR) is 58.1 cm³/mol. The Morgan fingerprint density at radius 2 is 2.50 bits per heavy atom. The number of aliphatic hydroxyl groups is 1. The Balaban J connectivity index is 2.10. The van der Waals surface area contributed by atoms with E-state index < -0.39 is 5.60 Å². The molecule has 78 valence electrons. The molecule has 1 N–H and O–H groups in total. The molecule has 0 aliphatic heterocycles. The summed E-state index contributed by atoms with van der Waals surface area (Å²) >= 11 is 3.27. The molecule has 2 atom stereocenters. The maximum atomic E-state index is 10.4. The van der Waals surface area contributed by atoms with Gasteiger partial charge in [0, 0.05) is 6.42 Å². The average Bonchev–Trinajstić information content (AvgIpc) is 2.62. The number of halogens is 1. The minimum absolute atomic E-state index is 0.399. The Bertz CT molecular complexity index is 321. The van der Waals surface area contributed by atoms with Gasteiger partial charge in [0.2, 0.25) is 0 Å². The van der Waals surface area contributed by atoms with Gasteiger partial charge in [-0.2, -0.15) is 0 Å². The number of furan rings is 1. The Morgan fingerprint density at radius 3 is 3.00 bits per heavy atom. The van der Waals surface area contributed by atoms with Crippen molar-refractivity contribution >= 4 is 15.9 Å². The first-order chi connectivity index (χ1) is 6.60. The Morgan fingerprint density at radius 1 is 1.71 bits per heavy atom. The first-order valence-electron chi connectivity index (χ1n) is 5.05. The Kier molecular flexibility index (Phi) is 2.71. The third-order valence-electron chi connectivity index (χ3n) is 3.30. The maximum absolute atomic E-state index is 10.4. The van der Waals surface area contributed by atoms with Crippen molar-refractivity contribution in [2.75, 3.05) is 0 Å². The van der Waals surface area contributed by atoms with Gasteiger partial charge >= 0.3 is 0 Å². The van der Waals surface area contributed by atoms with Crippen LogP contribution < -0.4 is 0 Å². The topological polar surface area (TPSA) is 33.4 Å². The van der Waals surface area contributed by atoms with Crippen molar-refractivity contribution in [3.05, 3.63) is 22.6 Å². The summed E-state index contributed by atoms with van der Waals surface area (Å²) in [6, 6.07) is 1.93. The highest BCUT2D eigenvalue weighted by Gasteiger charge is 2.38. The predicted octanol–water partition coefficient (Wildman–Crippen LogP) is 3.14. The molecule has 0 radical (unpaired) electrons. The molecule has 2 unspecified atom stereocenters. The van der Waals surface area contributed by atoms with Gasteiger partial charge in [0.05, 0.1) is 11.9 Å². The van der Waals surface area contributed by atoms with E-state index in [1.807, 2.05) is 6.07 Å². The van der Waals surface area contributed by atoms with Crippen LogP contribution in [0.2, 0.25) is 0 Å². The fraction of sp³-hybridized carbons (Fsp3) is 0.636. The summed E-state index contributed by atoms with van der Waals surface area (Å²) < 4.78 is 5.90. The summed E-state index contributed by atoms with van der Waals surface area (Å²) in [5, 5.41) is 10.4. The van der Waals surface area contributed by atoms with Crippen molar-refractivity contribution in [2.24, 2.45) is 5.92 Å². The Hall–Kier alpha value is -0.280. The van der Waals surface area contributed by atoms with Gasteiger partial charge in [-0.25, -0.2) is 0 Å². The zero-order valence-electron chi connectivity index (χ0n) is 8.29. The van der Waals surface area contributed by atoms with Crippen molar-refractivity contribution in [1.82, 2.24) is 0 Å². The smallest absolute Gasteiger partial charge is 0.169 e. The van der Waals surface area contributed by atoms with Crippen LogP contribution in [0.5, 0.6) is 0 Å². The van der Waals surface area contributed by atoms with Crippen molar-refractivity contribution in [3.63, 3.8) is 0 Å². The lowest BCUT2D eigenvalue weighted by atomic mass is 9.87. The van der Waals surface area contributed by atoms with E-state index in [4.69, 9.17) is 4.42 Å². The quantitative estimate of drug-likeness (QED) is 0.885. The van der Waals surface area contributed by atoms with E-state index in [2.05, 4.69) is 22.9 Å². The van der Waals surface area contributed by atoms with Crippen molar-refractivity contribution in [3.8, 4) is 0 Å². The zero-order chi connectivity index (χ0) is 10.2. The van der Waals surface area contributed by atoms with Crippen LogP contribution in [0.1, 0.15) is 31.7 Å². The SMILES string of the molecule is CC1CCCC1(O)Cc1coc(Br)c1. The zero-order valence-corrected chi connectivity index (χ0v) is 9.88. The molecule has 0 bridgehead atoms. The monoisotopic (exact) mass is 258 g/mol. The van der Waals surface area contributed by atoms with Gasteiger partial charge in [-0.15, -0.1) is 0 Å². The van der Waals surface area contributed by atoms with Gasteiger partial charge in [-0.1, -0.05) is 13.3 Å². The van der Waals surface area contributed by atoms with E-state index in [1.54, 1.807) is 6.26 Å². The summed E-state index contributed by atoms with van der Waals surface area (Å²) in [6.45, 7) is 2.13. The van der Waals surface area contributed by atoms with Crippen LogP contribution in [0.25, 0.3) is 0 Å². The van der Waals surface area contributed by atoms with Crippen LogP contribution in [-0.4, -0.2) is 10.7 Å². The molecule has 0 saturated heterocycles. The molecule has 14 heavy (non-hydrogen) atoms. The largest absolute Gasteiger partial charge is 0.457 e. The molecule has 1 aromatic heterocycles. The molecule has 0 spiro atoms. The van der Waals surface area contributed by atoms with Crippen LogP contribution in [-0.2, 0) is 6.42 Å². The van der Waals surface area contributed by atoms with E-state index in [-0.39, 0.29) is 0 Å². The third kappa shape index (κ3) is 1.89. The lowest BCUT2D eigenvalue weighted by Gasteiger charge is -2.26. The van der Waals surface area contributed by atoms with Gasteiger partial charge in [-0.05, 0) is 46.3 Å². The highest BCUT2D eigenvalue weighted by molar-refractivity contribution is 9.10. The second kappa shape index (κ2) is 3.70. The summed E-state index contributed by atoms with van der Waals surface area (Å²) in [7, 11) is 0. The molecular weight excluding hydrogens is 244 g/mol. The molecule has 2 nitrogen and oxygen atoms in total. The second-order valence-electron chi connectivity index (χ2n) is 4.33. The van der Waals surface area contributed by atoms with Gasteiger partial charge in [0.1, 0.15) is 0 Å². The number of hydrogen-bond donors (Lipinski definition) is 1. The molecule has 1 heterocycles. The van der Waals surface area contributed by atoms with E-state index in [9.17, 15) is 5.11 Å². The first kappa shape index (κ1) is 10.2. The summed E-state index contributed by atoms with van der Waals surface area (Å²) in [5.74, 6) is 0.399. The molecule has 1 aliphatic rings.